The molecule has 5 rings (SSSR count). The first-order valence-electron chi connectivity index (χ1n) is 10.5. The van der Waals surface area contributed by atoms with Gasteiger partial charge in [-0.3, -0.25) is 9.59 Å². The number of aryl methyl sites for hydroxylation is 1. The molecule has 1 saturated heterocycles. The summed E-state index contributed by atoms with van der Waals surface area (Å²) in [6.45, 7) is 3.28. The highest BCUT2D eigenvalue weighted by Crippen LogP contribution is 2.42. The SMILES string of the molecule is Cc1[nH]c2ccccc2c1[C@H]1c2ccccc2C(=O)N1CC(=O)NC[C@@H]1CCCO1. The summed E-state index contributed by atoms with van der Waals surface area (Å²) in [7, 11) is 0. The highest BCUT2D eigenvalue weighted by atomic mass is 16.5. The van der Waals surface area contributed by atoms with Crippen LogP contribution in [0.15, 0.2) is 48.5 Å². The molecular formula is C24H25N3O3. The second-order valence-corrected chi connectivity index (χ2v) is 8.07. The van der Waals surface area contributed by atoms with Crippen LogP contribution < -0.4 is 5.32 Å². The van der Waals surface area contributed by atoms with Gasteiger partial charge >= 0.3 is 0 Å². The van der Waals surface area contributed by atoms with Gasteiger partial charge in [0.05, 0.1) is 12.1 Å². The molecule has 3 aromatic rings. The van der Waals surface area contributed by atoms with Gasteiger partial charge in [0, 0.05) is 40.9 Å². The first-order chi connectivity index (χ1) is 14.6. The molecule has 2 atom stereocenters. The summed E-state index contributed by atoms with van der Waals surface area (Å²) < 4.78 is 5.59. The van der Waals surface area contributed by atoms with Gasteiger partial charge < -0.3 is 19.9 Å². The van der Waals surface area contributed by atoms with Crippen molar-refractivity contribution in [3.8, 4) is 0 Å². The zero-order valence-corrected chi connectivity index (χ0v) is 17.0. The van der Waals surface area contributed by atoms with E-state index >= 15 is 0 Å². The van der Waals surface area contributed by atoms with Crippen LogP contribution in [0.3, 0.4) is 0 Å². The number of rotatable bonds is 5. The Hall–Kier alpha value is -3.12. The minimum absolute atomic E-state index is 0.0177. The second kappa shape index (κ2) is 7.61. The number of carbonyl (C=O) groups excluding carboxylic acids is 2. The smallest absolute Gasteiger partial charge is 0.255 e. The van der Waals surface area contributed by atoms with Crippen LogP contribution >= 0.6 is 0 Å². The molecule has 2 amide bonds. The summed E-state index contributed by atoms with van der Waals surface area (Å²) in [5, 5.41) is 4.03. The van der Waals surface area contributed by atoms with E-state index in [1.54, 1.807) is 4.90 Å². The Bertz CT molecular complexity index is 1110. The highest BCUT2D eigenvalue weighted by Gasteiger charge is 2.40. The maximum Gasteiger partial charge on any atom is 0.255 e. The number of para-hydroxylation sites is 1. The molecule has 1 fully saturated rings. The van der Waals surface area contributed by atoms with Crippen molar-refractivity contribution in [2.24, 2.45) is 0 Å². The fourth-order valence-electron chi connectivity index (χ4n) is 4.74. The van der Waals surface area contributed by atoms with Crippen LogP contribution in [0.25, 0.3) is 10.9 Å². The first kappa shape index (κ1) is 18.9. The van der Waals surface area contributed by atoms with E-state index < -0.39 is 0 Å². The third-order valence-electron chi connectivity index (χ3n) is 6.14. The largest absolute Gasteiger partial charge is 0.376 e. The molecular weight excluding hydrogens is 378 g/mol. The zero-order chi connectivity index (χ0) is 20.7. The molecule has 30 heavy (non-hydrogen) atoms. The average molecular weight is 403 g/mol. The van der Waals surface area contributed by atoms with Gasteiger partial charge in [0.25, 0.3) is 5.91 Å². The molecule has 154 valence electrons. The van der Waals surface area contributed by atoms with Crippen molar-refractivity contribution in [1.29, 1.82) is 0 Å². The number of nitrogens with one attached hydrogen (secondary N) is 2. The minimum atomic E-state index is -0.293. The Morgan fingerprint density at radius 1 is 1.20 bits per heavy atom. The average Bonchev–Trinajstić information content (AvgIpc) is 3.45. The maximum absolute atomic E-state index is 13.3. The van der Waals surface area contributed by atoms with Crippen molar-refractivity contribution in [3.05, 3.63) is 70.9 Å². The topological polar surface area (TPSA) is 74.4 Å². The van der Waals surface area contributed by atoms with E-state index in [4.69, 9.17) is 4.74 Å². The molecule has 1 aromatic heterocycles. The highest BCUT2D eigenvalue weighted by molar-refractivity contribution is 6.02. The first-order valence-corrected chi connectivity index (χ1v) is 10.5. The number of ether oxygens (including phenoxy) is 1. The summed E-state index contributed by atoms with van der Waals surface area (Å²) >= 11 is 0. The summed E-state index contributed by atoms with van der Waals surface area (Å²) in [5.41, 5.74) is 4.71. The van der Waals surface area contributed by atoms with Gasteiger partial charge in [-0.2, -0.15) is 0 Å². The number of hydrogen-bond acceptors (Lipinski definition) is 3. The predicted molar refractivity (Wildman–Crippen MR) is 114 cm³/mol. The Morgan fingerprint density at radius 2 is 2.00 bits per heavy atom. The molecule has 0 spiro atoms. The Kier molecular flexibility index (Phi) is 4.79. The van der Waals surface area contributed by atoms with E-state index in [1.807, 2.05) is 49.4 Å². The number of hydrogen-bond donors (Lipinski definition) is 2. The van der Waals surface area contributed by atoms with Crippen LogP contribution in [0.5, 0.6) is 0 Å². The number of aromatic nitrogens is 1. The lowest BCUT2D eigenvalue weighted by Gasteiger charge is -2.26. The Balaban J connectivity index is 1.48. The fourth-order valence-corrected chi connectivity index (χ4v) is 4.74. The van der Waals surface area contributed by atoms with E-state index in [9.17, 15) is 9.59 Å². The second-order valence-electron chi connectivity index (χ2n) is 8.07. The van der Waals surface area contributed by atoms with Gasteiger partial charge in [0.1, 0.15) is 6.54 Å². The van der Waals surface area contributed by atoms with Gasteiger partial charge in [-0.25, -0.2) is 0 Å². The lowest BCUT2D eigenvalue weighted by molar-refractivity contribution is -0.122. The molecule has 6 heteroatoms. The number of H-pyrrole nitrogens is 1. The minimum Gasteiger partial charge on any atom is -0.376 e. The lowest BCUT2D eigenvalue weighted by atomic mass is 9.95. The molecule has 0 radical (unpaired) electrons. The van der Waals surface area contributed by atoms with E-state index in [2.05, 4.69) is 16.4 Å². The third-order valence-corrected chi connectivity index (χ3v) is 6.14. The molecule has 2 aromatic carbocycles. The summed E-state index contributed by atoms with van der Waals surface area (Å²) in [5.74, 6) is -0.262. The van der Waals surface area contributed by atoms with E-state index in [0.717, 1.165) is 47.2 Å². The van der Waals surface area contributed by atoms with Crippen LogP contribution in [0, 0.1) is 6.92 Å². The van der Waals surface area contributed by atoms with Gasteiger partial charge in [0.2, 0.25) is 5.91 Å². The molecule has 2 aliphatic heterocycles. The van der Waals surface area contributed by atoms with Crippen LogP contribution in [-0.2, 0) is 9.53 Å². The molecule has 2 N–H and O–H groups in total. The number of benzene rings is 2. The molecule has 3 heterocycles. The predicted octanol–water partition coefficient (Wildman–Crippen LogP) is 3.32. The van der Waals surface area contributed by atoms with Gasteiger partial charge in [-0.1, -0.05) is 36.4 Å². The fraction of sp³-hybridized carbons (Fsp3) is 0.333. The number of amides is 2. The van der Waals surface area contributed by atoms with Crippen molar-refractivity contribution in [2.45, 2.75) is 31.9 Å². The van der Waals surface area contributed by atoms with Crippen molar-refractivity contribution < 1.29 is 14.3 Å². The van der Waals surface area contributed by atoms with E-state index in [-0.39, 0.29) is 30.5 Å². The standard InChI is InChI=1S/C24H25N3O3/c1-15-22(19-10-4-5-11-20(19)26-15)23-17-8-2-3-9-18(17)24(29)27(23)14-21(28)25-13-16-7-6-12-30-16/h2-5,8-11,16,23,26H,6-7,12-14H2,1H3,(H,25,28)/t16-,23+/m0/s1. The van der Waals surface area contributed by atoms with Crippen LogP contribution in [0.2, 0.25) is 0 Å². The van der Waals surface area contributed by atoms with Crippen LogP contribution in [-0.4, -0.2) is 47.5 Å². The van der Waals surface area contributed by atoms with Crippen LogP contribution in [0.1, 0.15) is 46.1 Å². The van der Waals surface area contributed by atoms with Gasteiger partial charge in [0.15, 0.2) is 0 Å². The van der Waals surface area contributed by atoms with Crippen LogP contribution in [0.4, 0.5) is 0 Å². The normalized spacial score (nSPS) is 20.7. The maximum atomic E-state index is 13.3. The summed E-state index contributed by atoms with van der Waals surface area (Å²) in [6.07, 6.45) is 2.07. The number of nitrogens with zero attached hydrogens (tertiary/aromatic N) is 1. The van der Waals surface area contributed by atoms with E-state index in [0.29, 0.717) is 12.1 Å². The number of carbonyl (C=O) groups is 2. The number of aromatic amines is 1. The quantitative estimate of drug-likeness (QED) is 0.686. The van der Waals surface area contributed by atoms with Gasteiger partial charge in [-0.15, -0.1) is 0 Å². The van der Waals surface area contributed by atoms with Gasteiger partial charge in [-0.05, 0) is 37.5 Å². The Morgan fingerprint density at radius 3 is 2.83 bits per heavy atom. The van der Waals surface area contributed by atoms with Crippen molar-refractivity contribution in [3.63, 3.8) is 0 Å². The lowest BCUT2D eigenvalue weighted by Crippen LogP contribution is -2.41. The molecule has 0 saturated carbocycles. The van der Waals surface area contributed by atoms with Crippen molar-refractivity contribution >= 4 is 22.7 Å². The third kappa shape index (κ3) is 3.17. The Labute approximate surface area is 175 Å². The van der Waals surface area contributed by atoms with Crippen molar-refractivity contribution in [1.82, 2.24) is 15.2 Å². The molecule has 2 aliphatic rings. The zero-order valence-electron chi connectivity index (χ0n) is 17.0. The van der Waals surface area contributed by atoms with E-state index in [1.165, 1.54) is 0 Å². The van der Waals surface area contributed by atoms with Crippen molar-refractivity contribution in [2.75, 3.05) is 19.7 Å². The molecule has 6 nitrogen and oxygen atoms in total. The summed E-state index contributed by atoms with van der Waals surface area (Å²) in [6, 6.07) is 15.5. The monoisotopic (exact) mass is 403 g/mol. The molecule has 0 bridgehead atoms. The molecule has 0 unspecified atom stereocenters. The number of fused-ring (bicyclic) bond motifs is 2. The molecule has 0 aliphatic carbocycles. The summed E-state index contributed by atoms with van der Waals surface area (Å²) in [4.78, 5) is 31.1.